The van der Waals surface area contributed by atoms with Gasteiger partial charge in [-0.25, -0.2) is 18.4 Å². The van der Waals surface area contributed by atoms with Crippen molar-refractivity contribution in [2.45, 2.75) is 18.4 Å². The lowest BCUT2D eigenvalue weighted by molar-refractivity contribution is -0.0355. The lowest BCUT2D eigenvalue weighted by Gasteiger charge is -2.43. The molecule has 31 heavy (non-hydrogen) atoms. The standard InChI is InChI=1S/C21H32N6O3S/c1-24(2)20-18-13-17(5-6-19(18)22-16-23-20)26-11-9-25(10-12-26)14-21(28)7-4-8-27(15-21)31(3,29)30/h5-6,13,16,28H,4,7-12,14-15H2,1-3H3. The van der Waals surface area contributed by atoms with E-state index in [1.54, 1.807) is 6.33 Å². The summed E-state index contributed by atoms with van der Waals surface area (Å²) >= 11 is 0. The van der Waals surface area contributed by atoms with Gasteiger partial charge in [-0.1, -0.05) is 0 Å². The number of hydrogen-bond acceptors (Lipinski definition) is 8. The number of β-amino-alcohol motifs (C(OH)–C–C–N with tert-alkyl or cyclic N) is 1. The number of aromatic nitrogens is 2. The molecule has 0 spiro atoms. The van der Waals surface area contributed by atoms with Gasteiger partial charge in [0, 0.05) is 71.0 Å². The molecule has 1 unspecified atom stereocenters. The fraction of sp³-hybridized carbons (Fsp3) is 0.619. The molecule has 2 fully saturated rings. The molecule has 0 saturated carbocycles. The first kappa shape index (κ1) is 22.2. The number of hydrogen-bond donors (Lipinski definition) is 1. The Morgan fingerprint density at radius 3 is 2.55 bits per heavy atom. The van der Waals surface area contributed by atoms with E-state index in [0.29, 0.717) is 25.9 Å². The van der Waals surface area contributed by atoms with Crippen molar-refractivity contribution in [1.82, 2.24) is 19.2 Å². The van der Waals surface area contributed by atoms with E-state index in [9.17, 15) is 13.5 Å². The van der Waals surface area contributed by atoms with Gasteiger partial charge >= 0.3 is 0 Å². The summed E-state index contributed by atoms with van der Waals surface area (Å²) in [6.07, 6.45) is 4.14. The second kappa shape index (κ2) is 8.50. The first-order valence-corrected chi connectivity index (χ1v) is 12.6. The quantitative estimate of drug-likeness (QED) is 0.711. The predicted molar refractivity (Wildman–Crippen MR) is 123 cm³/mol. The van der Waals surface area contributed by atoms with Gasteiger partial charge in [0.1, 0.15) is 12.1 Å². The van der Waals surface area contributed by atoms with Crippen molar-refractivity contribution in [1.29, 1.82) is 0 Å². The van der Waals surface area contributed by atoms with Crippen LogP contribution in [-0.2, 0) is 10.0 Å². The Morgan fingerprint density at radius 2 is 1.87 bits per heavy atom. The number of rotatable bonds is 5. The van der Waals surface area contributed by atoms with Crippen LogP contribution in [-0.4, -0.2) is 104 Å². The van der Waals surface area contributed by atoms with Gasteiger partial charge in [0.25, 0.3) is 0 Å². The SMILES string of the molecule is CN(C)c1ncnc2ccc(N3CCN(CC4(O)CCCN(S(C)(=O)=O)C4)CC3)cc12. The fourth-order valence-electron chi connectivity index (χ4n) is 4.65. The van der Waals surface area contributed by atoms with Crippen molar-refractivity contribution in [3.05, 3.63) is 24.5 Å². The Bertz CT molecular complexity index is 1040. The van der Waals surface area contributed by atoms with Crippen LogP contribution in [0.2, 0.25) is 0 Å². The molecule has 4 rings (SSSR count). The maximum Gasteiger partial charge on any atom is 0.211 e. The summed E-state index contributed by atoms with van der Waals surface area (Å²) in [5.74, 6) is 0.903. The summed E-state index contributed by atoms with van der Waals surface area (Å²) in [7, 11) is 0.683. The number of piperazine rings is 1. The largest absolute Gasteiger partial charge is 0.387 e. The molecule has 0 radical (unpaired) electrons. The molecule has 3 heterocycles. The van der Waals surface area contributed by atoms with Crippen LogP contribution in [0.3, 0.4) is 0 Å². The zero-order valence-corrected chi connectivity index (χ0v) is 19.3. The summed E-state index contributed by atoms with van der Waals surface area (Å²) in [5, 5.41) is 12.1. The first-order valence-electron chi connectivity index (χ1n) is 10.7. The molecule has 2 saturated heterocycles. The molecule has 9 nitrogen and oxygen atoms in total. The van der Waals surface area contributed by atoms with Crippen LogP contribution < -0.4 is 9.80 Å². The van der Waals surface area contributed by atoms with E-state index in [2.05, 4.69) is 31.9 Å². The second-order valence-corrected chi connectivity index (χ2v) is 11.0. The van der Waals surface area contributed by atoms with Crippen LogP contribution in [0.1, 0.15) is 12.8 Å². The third-order valence-electron chi connectivity index (χ3n) is 6.27. The van der Waals surface area contributed by atoms with Crippen LogP contribution in [0.15, 0.2) is 24.5 Å². The smallest absolute Gasteiger partial charge is 0.211 e. The molecule has 10 heteroatoms. The lowest BCUT2D eigenvalue weighted by Crippen LogP contribution is -2.58. The van der Waals surface area contributed by atoms with Gasteiger partial charge in [-0.2, -0.15) is 4.31 Å². The van der Waals surface area contributed by atoms with Crippen molar-refractivity contribution in [3.63, 3.8) is 0 Å². The summed E-state index contributed by atoms with van der Waals surface area (Å²) in [5.41, 5.74) is 1.09. The van der Waals surface area contributed by atoms with E-state index in [1.165, 1.54) is 10.6 Å². The minimum atomic E-state index is -3.28. The third-order valence-corrected chi connectivity index (χ3v) is 7.52. The summed E-state index contributed by atoms with van der Waals surface area (Å²) in [6, 6.07) is 6.29. The number of sulfonamides is 1. The Labute approximate surface area is 184 Å². The average Bonchev–Trinajstić information content (AvgIpc) is 2.72. The monoisotopic (exact) mass is 448 g/mol. The van der Waals surface area contributed by atoms with Gasteiger partial charge in [-0.05, 0) is 31.0 Å². The number of fused-ring (bicyclic) bond motifs is 1. The van der Waals surface area contributed by atoms with Gasteiger partial charge in [0.05, 0.1) is 17.4 Å². The minimum Gasteiger partial charge on any atom is -0.387 e. The molecule has 0 amide bonds. The molecule has 0 aliphatic carbocycles. The van der Waals surface area contributed by atoms with Crippen molar-refractivity contribution in [2.75, 3.05) is 76.0 Å². The molecule has 1 N–H and O–H groups in total. The van der Waals surface area contributed by atoms with Crippen molar-refractivity contribution >= 4 is 32.4 Å². The molecule has 2 aromatic rings. The van der Waals surface area contributed by atoms with E-state index >= 15 is 0 Å². The minimum absolute atomic E-state index is 0.185. The van der Waals surface area contributed by atoms with E-state index in [4.69, 9.17) is 0 Å². The molecule has 1 atom stereocenters. The van der Waals surface area contributed by atoms with Crippen LogP contribution in [0, 0.1) is 0 Å². The second-order valence-electron chi connectivity index (χ2n) is 8.98. The summed E-state index contributed by atoms with van der Waals surface area (Å²) < 4.78 is 25.2. The van der Waals surface area contributed by atoms with E-state index in [-0.39, 0.29) is 6.54 Å². The summed E-state index contributed by atoms with van der Waals surface area (Å²) in [6.45, 7) is 4.53. The van der Waals surface area contributed by atoms with Crippen LogP contribution in [0.5, 0.6) is 0 Å². The molecule has 2 aliphatic rings. The van der Waals surface area contributed by atoms with Crippen molar-refractivity contribution in [2.24, 2.45) is 0 Å². The molecule has 2 aliphatic heterocycles. The normalized spacial score (nSPS) is 23.9. The Morgan fingerprint density at radius 1 is 1.13 bits per heavy atom. The molecule has 170 valence electrons. The van der Waals surface area contributed by atoms with E-state index < -0.39 is 15.6 Å². The number of nitrogens with zero attached hydrogens (tertiary/aromatic N) is 6. The van der Waals surface area contributed by atoms with E-state index in [0.717, 1.165) is 48.6 Å². The van der Waals surface area contributed by atoms with Gasteiger partial charge in [0.15, 0.2) is 0 Å². The maximum absolute atomic E-state index is 11.9. The molecule has 1 aromatic heterocycles. The molecular weight excluding hydrogens is 416 g/mol. The van der Waals surface area contributed by atoms with Gasteiger partial charge in [-0.15, -0.1) is 0 Å². The van der Waals surface area contributed by atoms with Gasteiger partial charge in [-0.3, -0.25) is 4.90 Å². The highest BCUT2D eigenvalue weighted by molar-refractivity contribution is 7.88. The topological polar surface area (TPSA) is 93.1 Å². The summed E-state index contributed by atoms with van der Waals surface area (Å²) in [4.78, 5) is 15.4. The van der Waals surface area contributed by atoms with Crippen molar-refractivity contribution < 1.29 is 13.5 Å². The molecular formula is C21H32N6O3S. The van der Waals surface area contributed by atoms with E-state index in [1.807, 2.05) is 25.1 Å². The highest BCUT2D eigenvalue weighted by Gasteiger charge is 2.38. The highest BCUT2D eigenvalue weighted by atomic mass is 32.2. The first-order chi connectivity index (χ1) is 14.6. The van der Waals surface area contributed by atoms with Crippen LogP contribution >= 0.6 is 0 Å². The highest BCUT2D eigenvalue weighted by Crippen LogP contribution is 2.28. The average molecular weight is 449 g/mol. The Kier molecular flexibility index (Phi) is 6.08. The number of benzene rings is 1. The maximum atomic E-state index is 11.9. The Hall–Kier alpha value is -2.01. The molecule has 0 bridgehead atoms. The third kappa shape index (κ3) is 4.92. The zero-order chi connectivity index (χ0) is 22.2. The predicted octanol–water partition coefficient (Wildman–Crippen LogP) is 0.604. The number of aliphatic hydroxyl groups is 1. The zero-order valence-electron chi connectivity index (χ0n) is 18.5. The van der Waals surface area contributed by atoms with Gasteiger partial charge < -0.3 is 14.9 Å². The number of piperidine rings is 1. The van der Waals surface area contributed by atoms with Crippen LogP contribution in [0.25, 0.3) is 10.9 Å². The molecule has 1 aromatic carbocycles. The number of anilines is 2. The van der Waals surface area contributed by atoms with Crippen LogP contribution in [0.4, 0.5) is 11.5 Å². The van der Waals surface area contributed by atoms with Gasteiger partial charge in [0.2, 0.25) is 10.0 Å². The van der Waals surface area contributed by atoms with Crippen molar-refractivity contribution in [3.8, 4) is 0 Å². The lowest BCUT2D eigenvalue weighted by atomic mass is 9.93. The Balaban J connectivity index is 1.41. The fourth-order valence-corrected chi connectivity index (χ4v) is 5.58.